The van der Waals surface area contributed by atoms with Crippen molar-refractivity contribution in [2.45, 2.75) is 18.2 Å². The molecule has 1 rings (SSSR count). The Morgan fingerprint density at radius 3 is 2.38 bits per heavy atom. The van der Waals surface area contributed by atoms with Crippen LogP contribution in [0.2, 0.25) is 0 Å². The second-order valence-electron chi connectivity index (χ2n) is 2.83. The lowest BCUT2D eigenvalue weighted by Crippen LogP contribution is -2.28. The van der Waals surface area contributed by atoms with Crippen molar-refractivity contribution in [3.05, 3.63) is 35.9 Å². The predicted molar refractivity (Wildman–Crippen MR) is 51.9 cm³/mol. The van der Waals surface area contributed by atoms with Crippen molar-refractivity contribution in [2.75, 3.05) is 0 Å². The van der Waals surface area contributed by atoms with Gasteiger partial charge in [0.15, 0.2) is 4.87 Å². The fourth-order valence-electron chi connectivity index (χ4n) is 1.18. The predicted octanol–water partition coefficient (Wildman–Crippen LogP) is 2.62. The monoisotopic (exact) mass is 198 g/mol. The molecule has 0 heterocycles. The lowest BCUT2D eigenvalue weighted by Gasteiger charge is -2.20. The molecule has 0 bridgehead atoms. The van der Waals surface area contributed by atoms with Crippen LogP contribution >= 0.6 is 11.6 Å². The van der Waals surface area contributed by atoms with Crippen molar-refractivity contribution >= 4 is 17.6 Å². The molecule has 0 saturated heterocycles. The van der Waals surface area contributed by atoms with Crippen molar-refractivity contribution in [3.8, 4) is 0 Å². The van der Waals surface area contributed by atoms with Crippen LogP contribution in [0.3, 0.4) is 0 Å². The van der Waals surface area contributed by atoms with Crippen LogP contribution < -0.4 is 0 Å². The maximum absolute atomic E-state index is 10.9. The third-order valence-corrected chi connectivity index (χ3v) is 2.70. The van der Waals surface area contributed by atoms with Crippen LogP contribution in [0.25, 0.3) is 0 Å². The summed E-state index contributed by atoms with van der Waals surface area (Å²) in [5.74, 6) is -0.997. The standard InChI is InChI=1S/C10H11ClO2/c1-2-10(11,9(12)13)8-6-4-3-5-7-8/h3-7H,2H2,1H3,(H,12,13)/t10-/m1/s1. The number of alkyl halides is 1. The molecule has 0 spiro atoms. The Kier molecular flexibility index (Phi) is 2.94. The van der Waals surface area contributed by atoms with E-state index in [2.05, 4.69) is 0 Å². The third-order valence-electron chi connectivity index (χ3n) is 2.06. The molecule has 0 amide bonds. The smallest absolute Gasteiger partial charge is 0.329 e. The summed E-state index contributed by atoms with van der Waals surface area (Å²) in [4.78, 5) is 9.64. The molecule has 0 aliphatic carbocycles. The first-order valence-electron chi connectivity index (χ1n) is 4.09. The number of rotatable bonds is 3. The molecule has 0 aliphatic heterocycles. The zero-order valence-electron chi connectivity index (χ0n) is 7.33. The van der Waals surface area contributed by atoms with Crippen molar-refractivity contribution in [1.29, 1.82) is 0 Å². The van der Waals surface area contributed by atoms with Gasteiger partial charge in [-0.1, -0.05) is 37.3 Å². The van der Waals surface area contributed by atoms with Crippen LogP contribution in [0.15, 0.2) is 30.3 Å². The summed E-state index contributed by atoms with van der Waals surface area (Å²) in [6.07, 6.45) is 0.369. The fourth-order valence-corrected chi connectivity index (χ4v) is 1.31. The highest BCUT2D eigenvalue weighted by molar-refractivity contribution is 6.33. The molecule has 0 saturated carbocycles. The van der Waals surface area contributed by atoms with Crippen LogP contribution in [0, 0.1) is 0 Å². The van der Waals surface area contributed by atoms with E-state index < -0.39 is 10.8 Å². The van der Waals surface area contributed by atoms with Crippen molar-refractivity contribution in [3.63, 3.8) is 0 Å². The topological polar surface area (TPSA) is 37.3 Å². The van der Waals surface area contributed by atoms with Gasteiger partial charge in [-0.15, -0.1) is 11.6 Å². The molecule has 70 valence electrons. The first-order valence-corrected chi connectivity index (χ1v) is 4.47. The Morgan fingerprint density at radius 2 is 2.00 bits per heavy atom. The summed E-state index contributed by atoms with van der Waals surface area (Å²) in [6.45, 7) is 1.76. The van der Waals surface area contributed by atoms with Gasteiger partial charge in [-0.25, -0.2) is 4.79 Å². The number of aliphatic carboxylic acids is 1. The minimum absolute atomic E-state index is 0.369. The number of carboxylic acids is 1. The van der Waals surface area contributed by atoms with Gasteiger partial charge in [0.1, 0.15) is 0 Å². The second kappa shape index (κ2) is 3.79. The first kappa shape index (κ1) is 10.1. The minimum Gasteiger partial charge on any atom is -0.480 e. The van der Waals surface area contributed by atoms with E-state index in [1.165, 1.54) is 0 Å². The second-order valence-corrected chi connectivity index (χ2v) is 3.47. The zero-order valence-corrected chi connectivity index (χ0v) is 8.08. The molecule has 0 aromatic heterocycles. The molecule has 3 heteroatoms. The average molecular weight is 199 g/mol. The number of carbonyl (C=O) groups is 1. The summed E-state index contributed by atoms with van der Waals surface area (Å²) in [5.41, 5.74) is 0.631. The normalized spacial score (nSPS) is 14.9. The van der Waals surface area contributed by atoms with Gasteiger partial charge in [0, 0.05) is 0 Å². The number of hydrogen-bond donors (Lipinski definition) is 1. The van der Waals surface area contributed by atoms with Gasteiger partial charge in [-0.3, -0.25) is 0 Å². The number of benzene rings is 1. The van der Waals surface area contributed by atoms with Crippen molar-refractivity contribution in [2.24, 2.45) is 0 Å². The van der Waals surface area contributed by atoms with E-state index in [0.717, 1.165) is 0 Å². The van der Waals surface area contributed by atoms with E-state index in [1.54, 1.807) is 31.2 Å². The molecule has 0 fully saturated rings. The summed E-state index contributed by atoms with van der Waals surface area (Å²) in [7, 11) is 0. The molecule has 1 aromatic carbocycles. The molecule has 1 aromatic rings. The Balaban J connectivity index is 3.11. The van der Waals surface area contributed by atoms with E-state index >= 15 is 0 Å². The lowest BCUT2D eigenvalue weighted by molar-refractivity contribution is -0.140. The zero-order chi connectivity index (χ0) is 9.90. The van der Waals surface area contributed by atoms with E-state index in [-0.39, 0.29) is 0 Å². The highest BCUT2D eigenvalue weighted by Gasteiger charge is 2.35. The van der Waals surface area contributed by atoms with Crippen LogP contribution in [-0.4, -0.2) is 11.1 Å². The van der Waals surface area contributed by atoms with Crippen LogP contribution in [0.4, 0.5) is 0 Å². The molecular formula is C10H11ClO2. The Bertz CT molecular complexity index is 297. The largest absolute Gasteiger partial charge is 0.480 e. The Morgan fingerprint density at radius 1 is 1.46 bits per heavy atom. The quantitative estimate of drug-likeness (QED) is 0.759. The van der Waals surface area contributed by atoms with E-state index in [9.17, 15) is 4.79 Å². The number of halogens is 1. The fraction of sp³-hybridized carbons (Fsp3) is 0.300. The van der Waals surface area contributed by atoms with Crippen molar-refractivity contribution in [1.82, 2.24) is 0 Å². The van der Waals surface area contributed by atoms with Gasteiger partial charge in [0.2, 0.25) is 0 Å². The highest BCUT2D eigenvalue weighted by Crippen LogP contribution is 2.32. The Labute approximate surface area is 82.2 Å². The Hall–Kier alpha value is -1.02. The minimum atomic E-state index is -1.28. The third kappa shape index (κ3) is 1.83. The van der Waals surface area contributed by atoms with Gasteiger partial charge in [0.25, 0.3) is 0 Å². The molecule has 0 aliphatic rings. The lowest BCUT2D eigenvalue weighted by atomic mass is 9.96. The van der Waals surface area contributed by atoms with Gasteiger partial charge >= 0.3 is 5.97 Å². The van der Waals surface area contributed by atoms with E-state index in [4.69, 9.17) is 16.7 Å². The summed E-state index contributed by atoms with van der Waals surface area (Å²) < 4.78 is 0. The molecule has 0 unspecified atom stereocenters. The van der Waals surface area contributed by atoms with E-state index in [1.807, 2.05) is 6.07 Å². The summed E-state index contributed by atoms with van der Waals surface area (Å²) in [5, 5.41) is 8.95. The molecule has 0 radical (unpaired) electrons. The summed E-state index contributed by atoms with van der Waals surface area (Å²) >= 11 is 5.98. The van der Waals surface area contributed by atoms with Crippen LogP contribution in [0.5, 0.6) is 0 Å². The first-order chi connectivity index (χ1) is 6.11. The van der Waals surface area contributed by atoms with Gasteiger partial charge < -0.3 is 5.11 Å². The molecule has 13 heavy (non-hydrogen) atoms. The van der Waals surface area contributed by atoms with E-state index in [0.29, 0.717) is 12.0 Å². The number of carboxylic acid groups (broad SMARTS) is 1. The molecule has 1 atom stereocenters. The molecular weight excluding hydrogens is 188 g/mol. The number of hydrogen-bond acceptors (Lipinski definition) is 1. The van der Waals surface area contributed by atoms with Gasteiger partial charge in [0.05, 0.1) is 0 Å². The maximum Gasteiger partial charge on any atom is 0.329 e. The maximum atomic E-state index is 10.9. The van der Waals surface area contributed by atoms with Crippen molar-refractivity contribution < 1.29 is 9.90 Å². The summed E-state index contributed by atoms with van der Waals surface area (Å²) in [6, 6.07) is 8.85. The van der Waals surface area contributed by atoms with Gasteiger partial charge in [-0.2, -0.15) is 0 Å². The van der Waals surface area contributed by atoms with Crippen LogP contribution in [0.1, 0.15) is 18.9 Å². The average Bonchev–Trinajstić information content (AvgIpc) is 2.17. The van der Waals surface area contributed by atoms with Gasteiger partial charge in [-0.05, 0) is 12.0 Å². The SMILES string of the molecule is CC[C@](Cl)(C(=O)O)c1ccccc1. The molecule has 1 N–H and O–H groups in total. The highest BCUT2D eigenvalue weighted by atomic mass is 35.5. The van der Waals surface area contributed by atoms with Crippen LogP contribution in [-0.2, 0) is 9.67 Å². The molecule has 2 nitrogen and oxygen atoms in total.